The van der Waals surface area contributed by atoms with E-state index in [1.54, 1.807) is 20.0 Å². The molecule has 2 N–H and O–H groups in total. The van der Waals surface area contributed by atoms with Crippen LogP contribution in [0, 0.1) is 0 Å². The standard InChI is InChI=1S/C11H20N2O3/c1-5-9(11(15)16-4)6-7-13-8(2)10(14)12-3/h6,8,13H,5,7H2,1-4H3,(H,12,14). The first-order chi connectivity index (χ1) is 7.56. The van der Waals surface area contributed by atoms with Gasteiger partial charge in [-0.3, -0.25) is 4.79 Å². The molecule has 0 aliphatic heterocycles. The second kappa shape index (κ2) is 7.87. The molecule has 0 bridgehead atoms. The van der Waals surface area contributed by atoms with E-state index in [4.69, 9.17) is 0 Å². The van der Waals surface area contributed by atoms with Crippen molar-refractivity contribution < 1.29 is 14.3 Å². The SMILES string of the molecule is CCC(=CCNC(C)C(=O)NC)C(=O)OC. The number of carbonyl (C=O) groups is 2. The lowest BCUT2D eigenvalue weighted by Gasteiger charge is -2.10. The zero-order chi connectivity index (χ0) is 12.6. The van der Waals surface area contributed by atoms with Crippen LogP contribution < -0.4 is 10.6 Å². The predicted molar refractivity (Wildman–Crippen MR) is 61.9 cm³/mol. The maximum absolute atomic E-state index is 11.2. The molecule has 0 aliphatic carbocycles. The summed E-state index contributed by atoms with van der Waals surface area (Å²) in [6, 6.07) is -0.281. The Morgan fingerprint density at radius 2 is 2.06 bits per heavy atom. The van der Waals surface area contributed by atoms with Crippen molar-refractivity contribution in [3.8, 4) is 0 Å². The van der Waals surface area contributed by atoms with Crippen molar-refractivity contribution in [1.82, 2.24) is 10.6 Å². The summed E-state index contributed by atoms with van der Waals surface area (Å²) in [4.78, 5) is 22.4. The van der Waals surface area contributed by atoms with Crippen molar-refractivity contribution in [2.24, 2.45) is 0 Å². The number of esters is 1. The molecule has 0 saturated carbocycles. The molecule has 5 nitrogen and oxygen atoms in total. The van der Waals surface area contributed by atoms with Crippen molar-refractivity contribution in [1.29, 1.82) is 0 Å². The van der Waals surface area contributed by atoms with Crippen LogP contribution in [0.25, 0.3) is 0 Å². The second-order valence-corrected chi connectivity index (χ2v) is 3.32. The van der Waals surface area contributed by atoms with Crippen LogP contribution in [0.15, 0.2) is 11.6 Å². The van der Waals surface area contributed by atoms with E-state index in [0.29, 0.717) is 18.5 Å². The highest BCUT2D eigenvalue weighted by Gasteiger charge is 2.10. The Bertz CT molecular complexity index is 274. The molecule has 1 atom stereocenters. The molecule has 0 aromatic carbocycles. The molecule has 0 saturated heterocycles. The fraction of sp³-hybridized carbons (Fsp3) is 0.636. The summed E-state index contributed by atoms with van der Waals surface area (Å²) in [6.07, 6.45) is 2.36. The van der Waals surface area contributed by atoms with Gasteiger partial charge in [-0.2, -0.15) is 0 Å². The highest BCUT2D eigenvalue weighted by molar-refractivity contribution is 5.88. The number of methoxy groups -OCH3 is 1. The second-order valence-electron chi connectivity index (χ2n) is 3.32. The number of likely N-dealkylation sites (N-methyl/N-ethyl adjacent to an activating group) is 1. The van der Waals surface area contributed by atoms with Crippen LogP contribution in [0.1, 0.15) is 20.3 Å². The van der Waals surface area contributed by atoms with E-state index in [0.717, 1.165) is 0 Å². The van der Waals surface area contributed by atoms with Crippen molar-refractivity contribution >= 4 is 11.9 Å². The number of hydrogen-bond donors (Lipinski definition) is 2. The molecule has 0 fully saturated rings. The van der Waals surface area contributed by atoms with E-state index in [1.807, 2.05) is 6.92 Å². The topological polar surface area (TPSA) is 67.4 Å². The zero-order valence-corrected chi connectivity index (χ0v) is 10.3. The van der Waals surface area contributed by atoms with Gasteiger partial charge in [0.2, 0.25) is 5.91 Å². The van der Waals surface area contributed by atoms with Crippen molar-refractivity contribution in [2.75, 3.05) is 20.7 Å². The van der Waals surface area contributed by atoms with Gasteiger partial charge in [0, 0.05) is 19.2 Å². The van der Waals surface area contributed by atoms with Gasteiger partial charge in [-0.1, -0.05) is 13.0 Å². The molecule has 16 heavy (non-hydrogen) atoms. The molecule has 0 spiro atoms. The third kappa shape index (κ3) is 4.93. The molecular weight excluding hydrogens is 208 g/mol. The van der Waals surface area contributed by atoms with E-state index in [2.05, 4.69) is 15.4 Å². The maximum Gasteiger partial charge on any atom is 0.333 e. The van der Waals surface area contributed by atoms with Gasteiger partial charge < -0.3 is 15.4 Å². The normalized spacial score (nSPS) is 13.1. The van der Waals surface area contributed by atoms with E-state index >= 15 is 0 Å². The van der Waals surface area contributed by atoms with Gasteiger partial charge in [-0.05, 0) is 13.3 Å². The van der Waals surface area contributed by atoms with E-state index in [-0.39, 0.29) is 17.9 Å². The molecule has 0 aromatic heterocycles. The van der Waals surface area contributed by atoms with E-state index < -0.39 is 0 Å². The number of hydrogen-bond acceptors (Lipinski definition) is 4. The number of rotatable bonds is 6. The average molecular weight is 228 g/mol. The van der Waals surface area contributed by atoms with Gasteiger partial charge in [0.05, 0.1) is 13.2 Å². The Balaban J connectivity index is 4.15. The molecule has 0 aliphatic rings. The first kappa shape index (κ1) is 14.6. The Morgan fingerprint density at radius 1 is 1.44 bits per heavy atom. The monoisotopic (exact) mass is 228 g/mol. The minimum atomic E-state index is -0.322. The van der Waals surface area contributed by atoms with Gasteiger partial charge in [0.1, 0.15) is 0 Å². The van der Waals surface area contributed by atoms with Crippen molar-refractivity contribution in [3.63, 3.8) is 0 Å². The average Bonchev–Trinajstić information content (AvgIpc) is 2.32. The van der Waals surface area contributed by atoms with Crippen LogP contribution >= 0.6 is 0 Å². The number of carbonyl (C=O) groups excluding carboxylic acids is 2. The van der Waals surface area contributed by atoms with Gasteiger partial charge in [0.15, 0.2) is 0 Å². The Labute approximate surface area is 96.2 Å². The first-order valence-electron chi connectivity index (χ1n) is 5.29. The van der Waals surface area contributed by atoms with Crippen LogP contribution in [0.5, 0.6) is 0 Å². The van der Waals surface area contributed by atoms with Crippen LogP contribution in [0.4, 0.5) is 0 Å². The largest absolute Gasteiger partial charge is 0.466 e. The molecule has 0 radical (unpaired) electrons. The molecule has 0 aromatic rings. The van der Waals surface area contributed by atoms with Gasteiger partial charge in [0.25, 0.3) is 0 Å². The molecule has 1 unspecified atom stereocenters. The summed E-state index contributed by atoms with van der Waals surface area (Å²) in [7, 11) is 2.94. The van der Waals surface area contributed by atoms with Crippen molar-refractivity contribution in [3.05, 3.63) is 11.6 Å². The quantitative estimate of drug-likeness (QED) is 0.504. The molecule has 0 rings (SSSR count). The smallest absolute Gasteiger partial charge is 0.333 e. The van der Waals surface area contributed by atoms with Crippen LogP contribution in [0.3, 0.4) is 0 Å². The third-order valence-electron chi connectivity index (χ3n) is 2.24. The summed E-state index contributed by atoms with van der Waals surface area (Å²) in [5.41, 5.74) is 0.610. The fourth-order valence-corrected chi connectivity index (χ4v) is 1.17. The lowest BCUT2D eigenvalue weighted by Crippen LogP contribution is -2.40. The van der Waals surface area contributed by atoms with Gasteiger partial charge >= 0.3 is 5.97 Å². The summed E-state index contributed by atoms with van der Waals surface area (Å²) < 4.78 is 4.62. The number of amides is 1. The number of nitrogens with one attached hydrogen (secondary N) is 2. The molecule has 1 amide bonds. The highest BCUT2D eigenvalue weighted by atomic mass is 16.5. The van der Waals surface area contributed by atoms with Crippen molar-refractivity contribution in [2.45, 2.75) is 26.3 Å². The molecule has 0 heterocycles. The van der Waals surface area contributed by atoms with Crippen LogP contribution in [-0.2, 0) is 14.3 Å². The maximum atomic E-state index is 11.2. The van der Waals surface area contributed by atoms with Gasteiger partial charge in [-0.25, -0.2) is 4.79 Å². The minimum Gasteiger partial charge on any atom is -0.466 e. The number of ether oxygens (including phenoxy) is 1. The van der Waals surface area contributed by atoms with Gasteiger partial charge in [-0.15, -0.1) is 0 Å². The zero-order valence-electron chi connectivity index (χ0n) is 10.3. The fourth-order valence-electron chi connectivity index (χ4n) is 1.17. The first-order valence-corrected chi connectivity index (χ1v) is 5.29. The summed E-state index contributed by atoms with van der Waals surface area (Å²) in [5.74, 6) is -0.401. The lowest BCUT2D eigenvalue weighted by atomic mass is 10.2. The van der Waals surface area contributed by atoms with Crippen LogP contribution in [-0.4, -0.2) is 38.6 Å². The molecule has 92 valence electrons. The van der Waals surface area contributed by atoms with E-state index in [9.17, 15) is 9.59 Å². The molecule has 5 heteroatoms. The summed E-state index contributed by atoms with van der Waals surface area (Å²) >= 11 is 0. The Kier molecular flexibility index (Phi) is 7.20. The van der Waals surface area contributed by atoms with Crippen LogP contribution in [0.2, 0.25) is 0 Å². The Hall–Kier alpha value is -1.36. The molecular formula is C11H20N2O3. The Morgan fingerprint density at radius 3 is 2.50 bits per heavy atom. The van der Waals surface area contributed by atoms with E-state index in [1.165, 1.54) is 7.11 Å². The lowest BCUT2D eigenvalue weighted by molar-refractivity contribution is -0.136. The predicted octanol–water partition coefficient (Wildman–Crippen LogP) is 0.220. The highest BCUT2D eigenvalue weighted by Crippen LogP contribution is 2.01. The summed E-state index contributed by atoms with van der Waals surface area (Å²) in [6.45, 7) is 4.11. The summed E-state index contributed by atoms with van der Waals surface area (Å²) in [5, 5.41) is 5.52. The third-order valence-corrected chi connectivity index (χ3v) is 2.24. The minimum absolute atomic E-state index is 0.0792.